The van der Waals surface area contributed by atoms with E-state index in [4.69, 9.17) is 0 Å². The fourth-order valence-electron chi connectivity index (χ4n) is 2.70. The number of nitrogens with zero attached hydrogens (tertiary/aromatic N) is 1. The molecule has 5 nitrogen and oxygen atoms in total. The van der Waals surface area contributed by atoms with Crippen molar-refractivity contribution in [2.75, 3.05) is 35.9 Å². The Morgan fingerprint density at radius 1 is 1.14 bits per heavy atom. The molecule has 0 unspecified atom stereocenters. The highest BCUT2D eigenvalue weighted by Crippen LogP contribution is 2.19. The standard InChI is InChI=1S/C15H25N3O2S/c1-3-10-18-11-8-14(9-12-18)16-13-4-6-15(7-5-13)17-21(2,19)20/h4-7,14,16-17H,3,8-12H2,1-2H3. The lowest BCUT2D eigenvalue weighted by molar-refractivity contribution is 0.219. The summed E-state index contributed by atoms with van der Waals surface area (Å²) in [6.07, 6.45) is 4.68. The van der Waals surface area contributed by atoms with Gasteiger partial charge in [0.05, 0.1) is 6.26 Å². The zero-order valence-electron chi connectivity index (χ0n) is 12.8. The zero-order chi connectivity index (χ0) is 15.3. The first-order chi connectivity index (χ1) is 9.96. The molecular formula is C15H25N3O2S. The van der Waals surface area contributed by atoms with Gasteiger partial charge in [0.25, 0.3) is 0 Å². The van der Waals surface area contributed by atoms with E-state index < -0.39 is 10.0 Å². The second-order valence-electron chi connectivity index (χ2n) is 5.71. The first-order valence-corrected chi connectivity index (χ1v) is 9.42. The van der Waals surface area contributed by atoms with Gasteiger partial charge in [0.2, 0.25) is 10.0 Å². The molecule has 1 fully saturated rings. The third-order valence-corrected chi connectivity index (χ3v) is 4.29. The van der Waals surface area contributed by atoms with Crippen LogP contribution in [0.4, 0.5) is 11.4 Å². The normalized spacial score (nSPS) is 17.6. The first kappa shape index (κ1) is 16.1. The van der Waals surface area contributed by atoms with Crippen LogP contribution in [0.25, 0.3) is 0 Å². The maximum absolute atomic E-state index is 11.2. The van der Waals surface area contributed by atoms with Crippen molar-refractivity contribution in [3.8, 4) is 0 Å². The largest absolute Gasteiger partial charge is 0.382 e. The molecule has 118 valence electrons. The SMILES string of the molecule is CCCN1CCC(Nc2ccc(NS(C)(=O)=O)cc2)CC1. The maximum atomic E-state index is 11.2. The number of likely N-dealkylation sites (tertiary alicyclic amines) is 1. The average molecular weight is 311 g/mol. The number of anilines is 2. The summed E-state index contributed by atoms with van der Waals surface area (Å²) in [5.41, 5.74) is 1.64. The number of benzene rings is 1. The molecule has 0 aromatic heterocycles. The van der Waals surface area contributed by atoms with Gasteiger partial charge in [-0.3, -0.25) is 4.72 Å². The van der Waals surface area contributed by atoms with Crippen molar-refractivity contribution in [2.24, 2.45) is 0 Å². The van der Waals surface area contributed by atoms with E-state index in [1.807, 2.05) is 12.1 Å². The van der Waals surface area contributed by atoms with Gasteiger partial charge < -0.3 is 10.2 Å². The van der Waals surface area contributed by atoms with E-state index in [9.17, 15) is 8.42 Å². The fourth-order valence-corrected chi connectivity index (χ4v) is 3.27. The van der Waals surface area contributed by atoms with Gasteiger partial charge in [-0.15, -0.1) is 0 Å². The van der Waals surface area contributed by atoms with Crippen LogP contribution in [0.5, 0.6) is 0 Å². The summed E-state index contributed by atoms with van der Waals surface area (Å²) in [6.45, 7) is 5.72. The van der Waals surface area contributed by atoms with Crippen molar-refractivity contribution in [3.05, 3.63) is 24.3 Å². The van der Waals surface area contributed by atoms with Crippen molar-refractivity contribution in [1.29, 1.82) is 0 Å². The molecular weight excluding hydrogens is 286 g/mol. The summed E-state index contributed by atoms with van der Waals surface area (Å²) in [7, 11) is -3.20. The van der Waals surface area contributed by atoms with Crippen LogP contribution in [0.2, 0.25) is 0 Å². The van der Waals surface area contributed by atoms with Crippen LogP contribution >= 0.6 is 0 Å². The van der Waals surface area contributed by atoms with Gasteiger partial charge in [0, 0.05) is 30.5 Å². The van der Waals surface area contributed by atoms with E-state index in [2.05, 4.69) is 21.9 Å². The Hall–Kier alpha value is -1.27. The molecule has 0 spiro atoms. The summed E-state index contributed by atoms with van der Waals surface area (Å²) in [5.74, 6) is 0. The van der Waals surface area contributed by atoms with E-state index in [0.717, 1.165) is 37.9 Å². The van der Waals surface area contributed by atoms with Crippen LogP contribution in [0.3, 0.4) is 0 Å². The third-order valence-electron chi connectivity index (χ3n) is 3.69. The van der Waals surface area contributed by atoms with Crippen LogP contribution in [-0.2, 0) is 10.0 Å². The summed E-state index contributed by atoms with van der Waals surface area (Å²) < 4.78 is 24.8. The second kappa shape index (κ2) is 7.13. The van der Waals surface area contributed by atoms with Gasteiger partial charge in [-0.2, -0.15) is 0 Å². The molecule has 2 rings (SSSR count). The highest BCUT2D eigenvalue weighted by atomic mass is 32.2. The van der Waals surface area contributed by atoms with Crippen molar-refractivity contribution in [3.63, 3.8) is 0 Å². The molecule has 0 atom stereocenters. The number of sulfonamides is 1. The summed E-state index contributed by atoms with van der Waals surface area (Å²) >= 11 is 0. The molecule has 21 heavy (non-hydrogen) atoms. The van der Waals surface area contributed by atoms with Crippen molar-refractivity contribution in [2.45, 2.75) is 32.2 Å². The lowest BCUT2D eigenvalue weighted by atomic mass is 10.0. The quantitative estimate of drug-likeness (QED) is 0.846. The van der Waals surface area contributed by atoms with Crippen LogP contribution in [-0.4, -0.2) is 45.2 Å². The Balaban J connectivity index is 1.84. The molecule has 0 amide bonds. The Labute approximate surface area is 127 Å². The molecule has 1 heterocycles. The fraction of sp³-hybridized carbons (Fsp3) is 0.600. The van der Waals surface area contributed by atoms with E-state index >= 15 is 0 Å². The number of nitrogens with one attached hydrogen (secondary N) is 2. The molecule has 1 aromatic rings. The maximum Gasteiger partial charge on any atom is 0.229 e. The van der Waals surface area contributed by atoms with E-state index in [1.165, 1.54) is 13.0 Å². The molecule has 1 aliphatic heterocycles. The van der Waals surface area contributed by atoms with Crippen LogP contribution < -0.4 is 10.0 Å². The molecule has 1 saturated heterocycles. The van der Waals surface area contributed by atoms with Crippen molar-refractivity contribution >= 4 is 21.4 Å². The van der Waals surface area contributed by atoms with Gasteiger partial charge in [-0.25, -0.2) is 8.42 Å². The first-order valence-electron chi connectivity index (χ1n) is 7.53. The molecule has 0 radical (unpaired) electrons. The molecule has 0 bridgehead atoms. The summed E-state index contributed by atoms with van der Waals surface area (Å²) in [6, 6.07) is 7.93. The Morgan fingerprint density at radius 3 is 2.24 bits per heavy atom. The number of hydrogen-bond donors (Lipinski definition) is 2. The number of hydrogen-bond acceptors (Lipinski definition) is 4. The van der Waals surface area contributed by atoms with Gasteiger partial charge in [0.1, 0.15) is 0 Å². The molecule has 2 N–H and O–H groups in total. The molecule has 1 aliphatic rings. The van der Waals surface area contributed by atoms with Crippen molar-refractivity contribution < 1.29 is 8.42 Å². The van der Waals surface area contributed by atoms with Crippen LogP contribution in [0.15, 0.2) is 24.3 Å². The highest BCUT2D eigenvalue weighted by molar-refractivity contribution is 7.92. The molecule has 6 heteroatoms. The molecule has 1 aromatic carbocycles. The van der Waals surface area contributed by atoms with Crippen molar-refractivity contribution in [1.82, 2.24) is 4.90 Å². The lowest BCUT2D eigenvalue weighted by Gasteiger charge is -2.32. The second-order valence-corrected chi connectivity index (χ2v) is 7.46. The van der Waals surface area contributed by atoms with Crippen LogP contribution in [0.1, 0.15) is 26.2 Å². The van der Waals surface area contributed by atoms with Crippen LogP contribution in [0, 0.1) is 0 Å². The Bertz CT molecular complexity index is 535. The molecule has 0 aliphatic carbocycles. The average Bonchev–Trinajstić information content (AvgIpc) is 2.42. The van der Waals surface area contributed by atoms with Gasteiger partial charge in [-0.1, -0.05) is 6.92 Å². The van der Waals surface area contributed by atoms with E-state index in [0.29, 0.717) is 11.7 Å². The molecule has 0 saturated carbocycles. The number of rotatable bonds is 6. The zero-order valence-corrected chi connectivity index (χ0v) is 13.6. The summed E-state index contributed by atoms with van der Waals surface area (Å²) in [5, 5.41) is 3.53. The lowest BCUT2D eigenvalue weighted by Crippen LogP contribution is -2.39. The summed E-state index contributed by atoms with van der Waals surface area (Å²) in [4.78, 5) is 2.51. The smallest absolute Gasteiger partial charge is 0.229 e. The topological polar surface area (TPSA) is 61.4 Å². The van der Waals surface area contributed by atoms with E-state index in [1.54, 1.807) is 12.1 Å². The van der Waals surface area contributed by atoms with Gasteiger partial charge in [-0.05, 0) is 50.1 Å². The monoisotopic (exact) mass is 311 g/mol. The predicted molar refractivity (Wildman–Crippen MR) is 88.3 cm³/mol. The van der Waals surface area contributed by atoms with E-state index in [-0.39, 0.29) is 0 Å². The number of piperidine rings is 1. The Kier molecular flexibility index (Phi) is 5.47. The third kappa shape index (κ3) is 5.55. The highest BCUT2D eigenvalue weighted by Gasteiger charge is 2.18. The van der Waals surface area contributed by atoms with Gasteiger partial charge in [0.15, 0.2) is 0 Å². The minimum atomic E-state index is -3.20. The predicted octanol–water partition coefficient (Wildman–Crippen LogP) is 2.34. The Morgan fingerprint density at radius 2 is 1.71 bits per heavy atom. The minimum Gasteiger partial charge on any atom is -0.382 e. The minimum absolute atomic E-state index is 0.506. The van der Waals surface area contributed by atoms with Gasteiger partial charge >= 0.3 is 0 Å².